The third kappa shape index (κ3) is 3.18. The summed E-state index contributed by atoms with van der Waals surface area (Å²) in [6.45, 7) is 5.28. The fourth-order valence-electron chi connectivity index (χ4n) is 4.12. The summed E-state index contributed by atoms with van der Waals surface area (Å²) in [7, 11) is 0. The topological polar surface area (TPSA) is 54.6 Å². The third-order valence-corrected chi connectivity index (χ3v) is 5.55. The number of aryl methyl sites for hydroxylation is 1. The highest BCUT2D eigenvalue weighted by Crippen LogP contribution is 2.34. The molecule has 2 aliphatic rings. The van der Waals surface area contributed by atoms with Gasteiger partial charge < -0.3 is 19.4 Å². The molecule has 4 rings (SSSR count). The van der Waals surface area contributed by atoms with Crippen molar-refractivity contribution in [3.63, 3.8) is 0 Å². The van der Waals surface area contributed by atoms with E-state index in [-0.39, 0.29) is 5.91 Å². The number of carbonyl (C=O) groups excluding carboxylic acids is 1. The van der Waals surface area contributed by atoms with Crippen LogP contribution in [0.1, 0.15) is 36.8 Å². The van der Waals surface area contributed by atoms with Crippen LogP contribution in [0.25, 0.3) is 10.9 Å². The summed E-state index contributed by atoms with van der Waals surface area (Å²) >= 11 is 0. The van der Waals surface area contributed by atoms with Crippen LogP contribution < -0.4 is 0 Å². The molecule has 2 aliphatic heterocycles. The van der Waals surface area contributed by atoms with Crippen LogP contribution in [0.3, 0.4) is 0 Å². The summed E-state index contributed by atoms with van der Waals surface area (Å²) in [6.07, 6.45) is 4.80. The highest BCUT2D eigenvalue weighted by molar-refractivity contribution is 5.86. The number of amides is 1. The Balaban J connectivity index is 1.44. The average Bonchev–Trinajstić information content (AvgIpc) is 3.12. The van der Waals surface area contributed by atoms with Gasteiger partial charge in [-0.25, -0.2) is 0 Å². The van der Waals surface area contributed by atoms with E-state index in [2.05, 4.69) is 36.3 Å². The molecule has 2 aromatic rings. The minimum atomic E-state index is -0.412. The highest BCUT2D eigenvalue weighted by Gasteiger charge is 2.31. The van der Waals surface area contributed by atoms with Crippen molar-refractivity contribution >= 4 is 16.8 Å². The minimum absolute atomic E-state index is 0.0883. The van der Waals surface area contributed by atoms with Crippen LogP contribution in [-0.4, -0.2) is 54.8 Å². The number of rotatable bonds is 3. The summed E-state index contributed by atoms with van der Waals surface area (Å²) in [5.74, 6) is 0.596. The van der Waals surface area contributed by atoms with E-state index < -0.39 is 6.10 Å². The zero-order valence-corrected chi connectivity index (χ0v) is 14.8. The maximum Gasteiger partial charge on any atom is 0.254 e. The Morgan fingerprint density at radius 1 is 1.28 bits per heavy atom. The molecule has 1 N–H and O–H groups in total. The molecule has 5 nitrogen and oxygen atoms in total. The van der Waals surface area contributed by atoms with Crippen LogP contribution in [0.2, 0.25) is 0 Å². The third-order valence-electron chi connectivity index (χ3n) is 5.55. The quantitative estimate of drug-likeness (QED) is 0.933. The summed E-state index contributed by atoms with van der Waals surface area (Å²) in [4.78, 5) is 18.0. The summed E-state index contributed by atoms with van der Waals surface area (Å²) in [5.41, 5.74) is 4.03. The van der Waals surface area contributed by atoms with Gasteiger partial charge in [0, 0.05) is 30.2 Å². The predicted octanol–water partition coefficient (Wildman–Crippen LogP) is 2.85. The van der Waals surface area contributed by atoms with Crippen LogP contribution in [-0.2, 0) is 20.7 Å². The Kier molecular flexibility index (Phi) is 4.77. The van der Waals surface area contributed by atoms with E-state index in [1.54, 1.807) is 0 Å². The smallest absolute Gasteiger partial charge is 0.254 e. The lowest BCUT2D eigenvalue weighted by atomic mass is 9.88. The summed E-state index contributed by atoms with van der Waals surface area (Å²) in [5, 5.41) is 1.34. The van der Waals surface area contributed by atoms with Crippen LogP contribution in [0, 0.1) is 0 Å². The van der Waals surface area contributed by atoms with Gasteiger partial charge in [0.2, 0.25) is 0 Å². The summed E-state index contributed by atoms with van der Waals surface area (Å²) in [6, 6.07) is 6.55. The fraction of sp³-hybridized carbons (Fsp3) is 0.550. The molecule has 0 radical (unpaired) electrons. The maximum atomic E-state index is 12.6. The number of piperidine rings is 1. The normalized spacial score (nSPS) is 22.4. The van der Waals surface area contributed by atoms with Crippen molar-refractivity contribution in [3.8, 4) is 0 Å². The van der Waals surface area contributed by atoms with Gasteiger partial charge in [-0.1, -0.05) is 25.1 Å². The number of H-pyrrole nitrogens is 1. The number of aromatic nitrogens is 1. The van der Waals surface area contributed by atoms with Gasteiger partial charge in [-0.3, -0.25) is 4.79 Å². The minimum Gasteiger partial charge on any atom is -0.376 e. The molecule has 0 saturated carbocycles. The van der Waals surface area contributed by atoms with E-state index in [4.69, 9.17) is 9.47 Å². The molecule has 2 saturated heterocycles. The van der Waals surface area contributed by atoms with Crippen molar-refractivity contribution < 1.29 is 14.3 Å². The molecular formula is C20H26N2O3. The van der Waals surface area contributed by atoms with Gasteiger partial charge in [0.15, 0.2) is 6.10 Å². The molecule has 0 aliphatic carbocycles. The van der Waals surface area contributed by atoms with E-state index in [0.717, 1.165) is 32.4 Å². The molecule has 0 spiro atoms. The Morgan fingerprint density at radius 2 is 2.12 bits per heavy atom. The number of benzene rings is 1. The molecule has 2 fully saturated rings. The number of hydrogen-bond acceptors (Lipinski definition) is 3. The molecule has 3 heterocycles. The van der Waals surface area contributed by atoms with Gasteiger partial charge in [0.25, 0.3) is 5.91 Å². The Hall–Kier alpha value is -1.85. The van der Waals surface area contributed by atoms with Crippen molar-refractivity contribution in [2.24, 2.45) is 0 Å². The number of carbonyl (C=O) groups is 1. The van der Waals surface area contributed by atoms with Gasteiger partial charge in [0.05, 0.1) is 19.8 Å². The first-order chi connectivity index (χ1) is 12.3. The van der Waals surface area contributed by atoms with Crippen molar-refractivity contribution in [2.75, 3.05) is 32.9 Å². The van der Waals surface area contributed by atoms with Gasteiger partial charge >= 0.3 is 0 Å². The van der Waals surface area contributed by atoms with E-state index in [0.29, 0.717) is 25.7 Å². The number of aromatic amines is 1. The molecule has 1 amide bonds. The SMILES string of the molecule is CCc1cccc2c(C3CCN(C(=O)[C@H]4COCCO4)CC3)c[nH]c12. The van der Waals surface area contributed by atoms with Gasteiger partial charge in [-0.15, -0.1) is 0 Å². The van der Waals surface area contributed by atoms with Crippen molar-refractivity contribution in [1.29, 1.82) is 0 Å². The first kappa shape index (κ1) is 16.6. The molecule has 1 aromatic carbocycles. The number of para-hydroxylation sites is 1. The average molecular weight is 342 g/mol. The number of nitrogens with one attached hydrogen (secondary N) is 1. The second-order valence-electron chi connectivity index (χ2n) is 6.97. The first-order valence-electron chi connectivity index (χ1n) is 9.35. The Bertz CT molecular complexity index is 740. The second-order valence-corrected chi connectivity index (χ2v) is 6.97. The predicted molar refractivity (Wildman–Crippen MR) is 96.8 cm³/mol. The van der Waals surface area contributed by atoms with Gasteiger partial charge in [-0.05, 0) is 36.3 Å². The monoisotopic (exact) mass is 342 g/mol. The van der Waals surface area contributed by atoms with Crippen molar-refractivity contribution in [2.45, 2.75) is 38.2 Å². The second kappa shape index (κ2) is 7.18. The molecular weight excluding hydrogens is 316 g/mol. The molecule has 134 valence electrons. The molecule has 0 bridgehead atoms. The molecule has 5 heteroatoms. The molecule has 25 heavy (non-hydrogen) atoms. The standard InChI is InChI=1S/C20H26N2O3/c1-2-14-4-3-5-16-17(12-21-19(14)16)15-6-8-22(9-7-15)20(23)18-13-24-10-11-25-18/h3-5,12,15,18,21H,2,6-11,13H2,1H3/t18-/m1/s1. The Labute approximate surface area is 148 Å². The van der Waals surface area contributed by atoms with Crippen LogP contribution in [0.15, 0.2) is 24.4 Å². The van der Waals surface area contributed by atoms with Crippen LogP contribution >= 0.6 is 0 Å². The number of nitrogens with zero attached hydrogens (tertiary/aromatic N) is 1. The van der Waals surface area contributed by atoms with E-state index in [1.807, 2.05) is 4.90 Å². The van der Waals surface area contributed by atoms with Crippen molar-refractivity contribution in [3.05, 3.63) is 35.5 Å². The van der Waals surface area contributed by atoms with E-state index >= 15 is 0 Å². The van der Waals surface area contributed by atoms with Gasteiger partial charge in [-0.2, -0.15) is 0 Å². The number of likely N-dealkylation sites (tertiary alicyclic amines) is 1. The fourth-order valence-corrected chi connectivity index (χ4v) is 4.12. The molecule has 0 unspecified atom stereocenters. The van der Waals surface area contributed by atoms with E-state index in [1.165, 1.54) is 22.0 Å². The lowest BCUT2D eigenvalue weighted by Crippen LogP contribution is -2.47. The van der Waals surface area contributed by atoms with Crippen LogP contribution in [0.4, 0.5) is 0 Å². The molecule has 1 atom stereocenters. The molecule has 1 aromatic heterocycles. The Morgan fingerprint density at radius 3 is 2.84 bits per heavy atom. The lowest BCUT2D eigenvalue weighted by molar-refractivity contribution is -0.158. The van der Waals surface area contributed by atoms with Crippen molar-refractivity contribution in [1.82, 2.24) is 9.88 Å². The van der Waals surface area contributed by atoms with E-state index in [9.17, 15) is 4.79 Å². The zero-order valence-electron chi connectivity index (χ0n) is 14.8. The lowest BCUT2D eigenvalue weighted by Gasteiger charge is -2.35. The highest BCUT2D eigenvalue weighted by atomic mass is 16.6. The number of hydrogen-bond donors (Lipinski definition) is 1. The number of ether oxygens (including phenoxy) is 2. The zero-order chi connectivity index (χ0) is 17.2. The summed E-state index contributed by atoms with van der Waals surface area (Å²) < 4.78 is 10.9. The number of fused-ring (bicyclic) bond motifs is 1. The largest absolute Gasteiger partial charge is 0.376 e. The van der Waals surface area contributed by atoms with Gasteiger partial charge in [0.1, 0.15) is 0 Å². The first-order valence-corrected chi connectivity index (χ1v) is 9.35. The maximum absolute atomic E-state index is 12.6. The van der Waals surface area contributed by atoms with Crippen LogP contribution in [0.5, 0.6) is 0 Å².